The zero-order chi connectivity index (χ0) is 9.97. The fourth-order valence-electron chi connectivity index (χ4n) is 1.35. The summed E-state index contributed by atoms with van der Waals surface area (Å²) in [5.41, 5.74) is 3.59. The van der Waals surface area contributed by atoms with Crippen LogP contribution in [-0.4, -0.2) is 0 Å². The Morgan fingerprint density at radius 1 is 1.07 bits per heavy atom. The molecule has 0 amide bonds. The summed E-state index contributed by atoms with van der Waals surface area (Å²) in [4.78, 5) is 0. The van der Waals surface area contributed by atoms with Gasteiger partial charge in [-0.1, -0.05) is 40.2 Å². The van der Waals surface area contributed by atoms with E-state index in [-0.39, 0.29) is 0 Å². The summed E-state index contributed by atoms with van der Waals surface area (Å²) in [5.74, 6) is 0. The lowest BCUT2D eigenvalue weighted by molar-refractivity contribution is 1.45. The van der Waals surface area contributed by atoms with Gasteiger partial charge >= 0.3 is 0 Å². The third-order valence-corrected chi connectivity index (χ3v) is 2.62. The van der Waals surface area contributed by atoms with Crippen LogP contribution in [0, 0.1) is 13.0 Å². The highest BCUT2D eigenvalue weighted by Crippen LogP contribution is 2.22. The second-order valence-corrected chi connectivity index (χ2v) is 4.19. The largest absolute Gasteiger partial charge is 0.0605 e. The molecule has 1 radical (unpaired) electrons. The summed E-state index contributed by atoms with van der Waals surface area (Å²) >= 11 is 3.46. The average Bonchev–Trinajstić information content (AvgIpc) is 2.19. The first kappa shape index (κ1) is 9.47. The number of rotatable bonds is 1. The molecule has 2 aromatic carbocycles. The van der Waals surface area contributed by atoms with Crippen LogP contribution < -0.4 is 0 Å². The van der Waals surface area contributed by atoms with Gasteiger partial charge < -0.3 is 0 Å². The lowest BCUT2D eigenvalue weighted by Crippen LogP contribution is -1.78. The van der Waals surface area contributed by atoms with Crippen molar-refractivity contribution in [1.29, 1.82) is 0 Å². The molecule has 0 saturated carbocycles. The molecule has 69 valence electrons. The summed E-state index contributed by atoms with van der Waals surface area (Å²) in [6.45, 7) is 2.05. The van der Waals surface area contributed by atoms with E-state index in [0.717, 1.165) is 4.47 Å². The zero-order valence-electron chi connectivity index (χ0n) is 7.92. The summed E-state index contributed by atoms with van der Waals surface area (Å²) in [6, 6.07) is 17.7. The van der Waals surface area contributed by atoms with Crippen molar-refractivity contribution in [2.45, 2.75) is 6.92 Å². The smallest absolute Gasteiger partial charge is 0.0181 e. The van der Waals surface area contributed by atoms with Gasteiger partial charge in [0.05, 0.1) is 0 Å². The van der Waals surface area contributed by atoms with Gasteiger partial charge in [0, 0.05) is 4.47 Å². The molecular formula is C13H10Br. The first-order valence-corrected chi connectivity index (χ1v) is 5.29. The van der Waals surface area contributed by atoms with Crippen LogP contribution >= 0.6 is 15.9 Å². The van der Waals surface area contributed by atoms with Gasteiger partial charge in [-0.15, -0.1) is 0 Å². The second kappa shape index (κ2) is 3.97. The second-order valence-electron chi connectivity index (χ2n) is 3.27. The molecule has 0 nitrogen and oxygen atoms in total. The van der Waals surface area contributed by atoms with E-state index in [1.54, 1.807) is 0 Å². The molecule has 14 heavy (non-hydrogen) atoms. The van der Waals surface area contributed by atoms with Crippen LogP contribution in [0.4, 0.5) is 0 Å². The van der Waals surface area contributed by atoms with E-state index in [2.05, 4.69) is 46.3 Å². The number of hydrogen-bond donors (Lipinski definition) is 0. The average molecular weight is 246 g/mol. The normalized spacial score (nSPS) is 10.1. The first-order valence-electron chi connectivity index (χ1n) is 4.50. The molecule has 0 heterocycles. The van der Waals surface area contributed by atoms with Crippen LogP contribution in [0.15, 0.2) is 46.9 Å². The monoisotopic (exact) mass is 245 g/mol. The van der Waals surface area contributed by atoms with Gasteiger partial charge in [0.15, 0.2) is 0 Å². The van der Waals surface area contributed by atoms with Gasteiger partial charge in [-0.25, -0.2) is 0 Å². The molecule has 0 unspecified atom stereocenters. The SMILES string of the molecule is Cc1[c]cc(-c2cccc(Br)c2)cc1. The van der Waals surface area contributed by atoms with Crippen molar-refractivity contribution in [1.82, 2.24) is 0 Å². The fourth-order valence-corrected chi connectivity index (χ4v) is 1.75. The van der Waals surface area contributed by atoms with Gasteiger partial charge in [0.2, 0.25) is 0 Å². The predicted octanol–water partition coefficient (Wildman–Crippen LogP) is 4.22. The molecule has 0 fully saturated rings. The highest BCUT2D eigenvalue weighted by molar-refractivity contribution is 9.10. The van der Waals surface area contributed by atoms with E-state index in [1.165, 1.54) is 16.7 Å². The molecule has 0 aliphatic rings. The van der Waals surface area contributed by atoms with Crippen molar-refractivity contribution in [2.24, 2.45) is 0 Å². The standard InChI is InChI=1S/C13H10Br/c1-10-5-7-11(8-6-10)12-3-2-4-13(14)9-12/h2-5,7-9H,1H3. The zero-order valence-corrected chi connectivity index (χ0v) is 9.51. The molecule has 1 heteroatoms. The van der Waals surface area contributed by atoms with Crippen LogP contribution in [0.3, 0.4) is 0 Å². The quantitative estimate of drug-likeness (QED) is 0.706. The van der Waals surface area contributed by atoms with E-state index in [1.807, 2.05) is 25.1 Å². The number of hydrogen-bond acceptors (Lipinski definition) is 0. The Labute approximate surface area is 92.7 Å². The molecule has 2 rings (SSSR count). The Balaban J connectivity index is 2.44. The maximum atomic E-state index is 3.46. The molecular weight excluding hydrogens is 236 g/mol. The highest BCUT2D eigenvalue weighted by atomic mass is 79.9. The summed E-state index contributed by atoms with van der Waals surface area (Å²) in [5, 5.41) is 0. The number of halogens is 1. The third kappa shape index (κ3) is 2.05. The van der Waals surface area contributed by atoms with Crippen LogP contribution in [-0.2, 0) is 0 Å². The minimum atomic E-state index is 1.11. The lowest BCUT2D eigenvalue weighted by atomic mass is 10.0. The van der Waals surface area contributed by atoms with Crippen LogP contribution in [0.1, 0.15) is 5.56 Å². The third-order valence-electron chi connectivity index (χ3n) is 2.13. The Hall–Kier alpha value is -1.08. The minimum Gasteiger partial charge on any atom is -0.0605 e. The molecule has 0 N–H and O–H groups in total. The topological polar surface area (TPSA) is 0 Å². The minimum absolute atomic E-state index is 1.11. The Morgan fingerprint density at radius 2 is 1.93 bits per heavy atom. The van der Waals surface area contributed by atoms with Gasteiger partial charge in [-0.2, -0.15) is 0 Å². The van der Waals surface area contributed by atoms with Gasteiger partial charge in [0.25, 0.3) is 0 Å². The van der Waals surface area contributed by atoms with Gasteiger partial charge in [-0.3, -0.25) is 0 Å². The summed E-state index contributed by atoms with van der Waals surface area (Å²) < 4.78 is 1.11. The molecule has 0 atom stereocenters. The summed E-state index contributed by atoms with van der Waals surface area (Å²) in [6.07, 6.45) is 0. The Kier molecular flexibility index (Phi) is 2.69. The number of aryl methyl sites for hydroxylation is 1. The molecule has 2 aromatic rings. The summed E-state index contributed by atoms with van der Waals surface area (Å²) in [7, 11) is 0. The van der Waals surface area contributed by atoms with Crippen molar-refractivity contribution in [2.75, 3.05) is 0 Å². The van der Waals surface area contributed by atoms with Gasteiger partial charge in [-0.05, 0) is 47.9 Å². The van der Waals surface area contributed by atoms with Crippen molar-refractivity contribution in [3.05, 3.63) is 58.6 Å². The van der Waals surface area contributed by atoms with Crippen molar-refractivity contribution in [3.8, 4) is 11.1 Å². The van der Waals surface area contributed by atoms with E-state index >= 15 is 0 Å². The maximum absolute atomic E-state index is 3.46. The van der Waals surface area contributed by atoms with E-state index in [9.17, 15) is 0 Å². The van der Waals surface area contributed by atoms with Crippen molar-refractivity contribution in [3.63, 3.8) is 0 Å². The Bertz CT molecular complexity index is 429. The van der Waals surface area contributed by atoms with E-state index < -0.39 is 0 Å². The molecule has 0 saturated heterocycles. The first-order chi connectivity index (χ1) is 6.75. The number of benzene rings is 2. The molecule has 0 spiro atoms. The van der Waals surface area contributed by atoms with Gasteiger partial charge in [0.1, 0.15) is 0 Å². The molecule has 0 aliphatic carbocycles. The molecule has 0 aromatic heterocycles. The van der Waals surface area contributed by atoms with Crippen LogP contribution in [0.25, 0.3) is 11.1 Å². The van der Waals surface area contributed by atoms with Crippen LogP contribution in [0.5, 0.6) is 0 Å². The fraction of sp³-hybridized carbons (Fsp3) is 0.0769. The maximum Gasteiger partial charge on any atom is 0.0181 e. The van der Waals surface area contributed by atoms with Crippen molar-refractivity contribution >= 4 is 15.9 Å². The predicted molar refractivity (Wildman–Crippen MR) is 63.2 cm³/mol. The lowest BCUT2D eigenvalue weighted by Gasteiger charge is -2.02. The highest BCUT2D eigenvalue weighted by Gasteiger charge is 1.97. The molecule has 0 aliphatic heterocycles. The molecule has 0 bridgehead atoms. The Morgan fingerprint density at radius 3 is 2.57 bits per heavy atom. The van der Waals surface area contributed by atoms with Crippen molar-refractivity contribution < 1.29 is 0 Å². The van der Waals surface area contributed by atoms with E-state index in [0.29, 0.717) is 0 Å². The van der Waals surface area contributed by atoms with Crippen LogP contribution in [0.2, 0.25) is 0 Å². The van der Waals surface area contributed by atoms with E-state index in [4.69, 9.17) is 0 Å².